The molecule has 2 aliphatic rings. The second-order valence-electron chi connectivity index (χ2n) is 8.11. The smallest absolute Gasteiger partial charge is 0.312 e. The van der Waals surface area contributed by atoms with Crippen LogP contribution in [0.3, 0.4) is 0 Å². The van der Waals surface area contributed by atoms with Crippen molar-refractivity contribution in [3.63, 3.8) is 0 Å². The number of nitrogens with zero attached hydrogens (tertiary/aromatic N) is 1. The van der Waals surface area contributed by atoms with Crippen molar-refractivity contribution in [2.45, 2.75) is 51.6 Å². The maximum absolute atomic E-state index is 13.0. The fourth-order valence-electron chi connectivity index (χ4n) is 4.37. The van der Waals surface area contributed by atoms with E-state index in [0.717, 1.165) is 25.9 Å². The van der Waals surface area contributed by atoms with Gasteiger partial charge in [0.25, 0.3) is 5.91 Å². The summed E-state index contributed by atoms with van der Waals surface area (Å²) in [5.74, 6) is 0.463. The summed E-state index contributed by atoms with van der Waals surface area (Å²) in [5, 5.41) is 0. The third kappa shape index (κ3) is 5.42. The molecule has 0 bridgehead atoms. The van der Waals surface area contributed by atoms with Crippen molar-refractivity contribution >= 4 is 11.9 Å². The van der Waals surface area contributed by atoms with Gasteiger partial charge in [0, 0.05) is 25.3 Å². The first-order valence-corrected chi connectivity index (χ1v) is 11.0. The molecular formula is C24H33NO5. The average Bonchev–Trinajstić information content (AvgIpc) is 2.79. The van der Waals surface area contributed by atoms with Crippen molar-refractivity contribution in [1.82, 2.24) is 4.90 Å². The summed E-state index contributed by atoms with van der Waals surface area (Å²) in [6.45, 7) is 8.06. The molecule has 1 amide bonds. The van der Waals surface area contributed by atoms with E-state index in [9.17, 15) is 9.59 Å². The molecule has 6 nitrogen and oxygen atoms in total. The quantitative estimate of drug-likeness (QED) is 0.474. The zero-order valence-corrected chi connectivity index (χ0v) is 17.9. The normalized spacial score (nSPS) is 21.0. The molecule has 0 radical (unpaired) electrons. The van der Waals surface area contributed by atoms with Crippen molar-refractivity contribution in [2.75, 3.05) is 32.9 Å². The van der Waals surface area contributed by atoms with E-state index in [2.05, 4.69) is 6.58 Å². The maximum Gasteiger partial charge on any atom is 0.312 e. The molecule has 1 aromatic rings. The summed E-state index contributed by atoms with van der Waals surface area (Å²) in [6.07, 6.45) is 6.86. The first-order chi connectivity index (χ1) is 14.6. The number of esters is 1. The number of benzene rings is 1. The van der Waals surface area contributed by atoms with E-state index in [-0.39, 0.29) is 18.0 Å². The fourth-order valence-corrected chi connectivity index (χ4v) is 4.37. The number of amides is 1. The number of hydrogen-bond acceptors (Lipinski definition) is 5. The van der Waals surface area contributed by atoms with Gasteiger partial charge in [0.2, 0.25) is 0 Å². The molecule has 2 aliphatic heterocycles. The van der Waals surface area contributed by atoms with Crippen LogP contribution >= 0.6 is 0 Å². The van der Waals surface area contributed by atoms with Gasteiger partial charge in [-0.25, -0.2) is 0 Å². The molecule has 0 N–H and O–H groups in total. The zero-order chi connectivity index (χ0) is 21.4. The summed E-state index contributed by atoms with van der Waals surface area (Å²) in [6, 6.07) is 7.20. The van der Waals surface area contributed by atoms with E-state index in [0.29, 0.717) is 56.9 Å². The number of hydrogen-bond donors (Lipinski definition) is 0. The van der Waals surface area contributed by atoms with Gasteiger partial charge in [-0.2, -0.15) is 0 Å². The van der Waals surface area contributed by atoms with Crippen molar-refractivity contribution in [2.24, 2.45) is 5.41 Å². The summed E-state index contributed by atoms with van der Waals surface area (Å²) in [5.41, 5.74) is 0.0276. The number of carbonyl (C=O) groups excluding carboxylic acids is 2. The Labute approximate surface area is 179 Å². The molecule has 6 heteroatoms. The lowest BCUT2D eigenvalue weighted by Gasteiger charge is -2.42. The number of carbonyl (C=O) groups is 2. The highest BCUT2D eigenvalue weighted by molar-refractivity contribution is 5.94. The first kappa shape index (κ1) is 22.3. The second kappa shape index (κ2) is 10.6. The van der Waals surface area contributed by atoms with Crippen LogP contribution in [0.4, 0.5) is 0 Å². The van der Waals surface area contributed by atoms with Crippen LogP contribution in [0.5, 0.6) is 5.75 Å². The van der Waals surface area contributed by atoms with E-state index < -0.39 is 5.41 Å². The minimum absolute atomic E-state index is 0.0366. The number of piperidine rings is 1. The Kier molecular flexibility index (Phi) is 7.91. The lowest BCUT2D eigenvalue weighted by molar-refractivity contribution is -0.162. The molecule has 0 aromatic heterocycles. The van der Waals surface area contributed by atoms with Crippen LogP contribution in [0.25, 0.3) is 0 Å². The first-order valence-electron chi connectivity index (χ1n) is 11.0. The largest absolute Gasteiger partial charge is 0.490 e. The molecule has 164 valence electrons. The predicted molar refractivity (Wildman–Crippen MR) is 115 cm³/mol. The van der Waals surface area contributed by atoms with E-state index in [1.165, 1.54) is 0 Å². The van der Waals surface area contributed by atoms with Gasteiger partial charge in [-0.3, -0.25) is 9.59 Å². The molecule has 1 aromatic carbocycles. The molecule has 1 unspecified atom stereocenters. The molecule has 0 spiro atoms. The standard InChI is InChI=1S/C24H33NO5/c1-3-15-29-20-10-7-8-19(17-20)22(26)25-13-11-24(12-14-25,23(27)28-4-2)18-21-9-5-6-16-30-21/h3,7-8,10,17,21H,1,4-6,9,11-16,18H2,2H3. The lowest BCUT2D eigenvalue weighted by Crippen LogP contribution is -2.49. The Morgan fingerprint density at radius 1 is 1.30 bits per heavy atom. The molecular weight excluding hydrogens is 382 g/mol. The minimum Gasteiger partial charge on any atom is -0.490 e. The third-order valence-corrected chi connectivity index (χ3v) is 6.06. The van der Waals surface area contributed by atoms with E-state index in [1.54, 1.807) is 18.2 Å². The summed E-state index contributed by atoms with van der Waals surface area (Å²) in [7, 11) is 0. The van der Waals surface area contributed by atoms with E-state index in [1.807, 2.05) is 24.0 Å². The highest BCUT2D eigenvalue weighted by Crippen LogP contribution is 2.40. The molecule has 30 heavy (non-hydrogen) atoms. The summed E-state index contributed by atoms with van der Waals surface area (Å²) >= 11 is 0. The monoisotopic (exact) mass is 415 g/mol. The van der Waals surface area contributed by atoms with Gasteiger partial charge >= 0.3 is 5.97 Å². The number of rotatable bonds is 8. The Morgan fingerprint density at radius 3 is 2.77 bits per heavy atom. The molecule has 2 saturated heterocycles. The Balaban J connectivity index is 1.67. The van der Waals surface area contributed by atoms with Gasteiger partial charge in [0.1, 0.15) is 12.4 Å². The van der Waals surface area contributed by atoms with Gasteiger partial charge in [0.05, 0.1) is 18.1 Å². The Hall–Kier alpha value is -2.34. The SMILES string of the molecule is C=CCOc1cccc(C(=O)N2CCC(CC3CCCCO3)(C(=O)OCC)CC2)c1. The van der Waals surface area contributed by atoms with Crippen molar-refractivity contribution in [3.8, 4) is 5.75 Å². The second-order valence-corrected chi connectivity index (χ2v) is 8.11. The van der Waals surface area contributed by atoms with Crippen LogP contribution in [0.15, 0.2) is 36.9 Å². The molecule has 1 atom stereocenters. The van der Waals surface area contributed by atoms with Crippen LogP contribution in [0.1, 0.15) is 55.8 Å². The Morgan fingerprint density at radius 2 is 2.10 bits per heavy atom. The zero-order valence-electron chi connectivity index (χ0n) is 17.9. The van der Waals surface area contributed by atoms with Crippen molar-refractivity contribution < 1.29 is 23.8 Å². The van der Waals surface area contributed by atoms with Gasteiger partial charge in [-0.05, 0) is 63.6 Å². The van der Waals surface area contributed by atoms with Gasteiger partial charge < -0.3 is 19.1 Å². The third-order valence-electron chi connectivity index (χ3n) is 6.06. The van der Waals surface area contributed by atoms with Crippen molar-refractivity contribution in [1.29, 1.82) is 0 Å². The molecule has 2 heterocycles. The van der Waals surface area contributed by atoms with Crippen LogP contribution < -0.4 is 4.74 Å². The van der Waals surface area contributed by atoms with Crippen LogP contribution in [0.2, 0.25) is 0 Å². The predicted octanol–water partition coefficient (Wildman–Crippen LogP) is 4.00. The molecule has 0 aliphatic carbocycles. The highest BCUT2D eigenvalue weighted by Gasteiger charge is 2.45. The van der Waals surface area contributed by atoms with Crippen LogP contribution in [0, 0.1) is 5.41 Å². The fraction of sp³-hybridized carbons (Fsp3) is 0.583. The van der Waals surface area contributed by atoms with Gasteiger partial charge in [-0.1, -0.05) is 18.7 Å². The van der Waals surface area contributed by atoms with Gasteiger partial charge in [-0.15, -0.1) is 0 Å². The number of likely N-dealkylation sites (tertiary alicyclic amines) is 1. The summed E-state index contributed by atoms with van der Waals surface area (Å²) < 4.78 is 16.9. The molecule has 0 saturated carbocycles. The Bertz CT molecular complexity index is 733. The van der Waals surface area contributed by atoms with Gasteiger partial charge in [0.15, 0.2) is 0 Å². The minimum atomic E-state index is -0.566. The molecule has 2 fully saturated rings. The van der Waals surface area contributed by atoms with Crippen molar-refractivity contribution in [3.05, 3.63) is 42.5 Å². The van der Waals surface area contributed by atoms with E-state index in [4.69, 9.17) is 14.2 Å². The van der Waals surface area contributed by atoms with Crippen LogP contribution in [-0.2, 0) is 14.3 Å². The van der Waals surface area contributed by atoms with Crippen LogP contribution in [-0.4, -0.2) is 55.8 Å². The topological polar surface area (TPSA) is 65.1 Å². The number of ether oxygens (including phenoxy) is 3. The highest BCUT2D eigenvalue weighted by atomic mass is 16.5. The molecule has 3 rings (SSSR count). The van der Waals surface area contributed by atoms with E-state index >= 15 is 0 Å². The maximum atomic E-state index is 13.0. The summed E-state index contributed by atoms with van der Waals surface area (Å²) in [4.78, 5) is 27.7. The average molecular weight is 416 g/mol. The lowest BCUT2D eigenvalue weighted by atomic mass is 9.73.